The highest BCUT2D eigenvalue weighted by Crippen LogP contribution is 2.47. The van der Waals surface area contributed by atoms with Gasteiger partial charge in [-0.2, -0.15) is 13.2 Å². The molecule has 0 N–H and O–H groups in total. The summed E-state index contributed by atoms with van der Waals surface area (Å²) in [7, 11) is 0. The lowest BCUT2D eigenvalue weighted by atomic mass is 9.68. The number of alkyl halides is 3. The van der Waals surface area contributed by atoms with Crippen molar-refractivity contribution in [3.8, 4) is 0 Å². The van der Waals surface area contributed by atoms with E-state index in [2.05, 4.69) is 12.1 Å². The summed E-state index contributed by atoms with van der Waals surface area (Å²) in [4.78, 5) is 12.7. The van der Waals surface area contributed by atoms with Gasteiger partial charge in [-0.3, -0.25) is 4.79 Å². The number of nitrogens with zero attached hydrogens (tertiary/aromatic N) is 1. The van der Waals surface area contributed by atoms with Gasteiger partial charge in [0.15, 0.2) is 0 Å². The molecule has 2 nitrogen and oxygen atoms in total. The first-order valence-corrected chi connectivity index (χ1v) is 8.44. The Labute approximate surface area is 144 Å². The molecule has 25 heavy (non-hydrogen) atoms. The molecule has 2 aliphatic rings. The summed E-state index contributed by atoms with van der Waals surface area (Å²) in [6.07, 6.45) is -4.08. The van der Waals surface area contributed by atoms with Gasteiger partial charge >= 0.3 is 12.1 Å². The summed E-state index contributed by atoms with van der Waals surface area (Å²) in [5, 5.41) is 0. The zero-order chi connectivity index (χ0) is 17.6. The Morgan fingerprint density at radius 2 is 1.64 bits per heavy atom. The van der Waals surface area contributed by atoms with Gasteiger partial charge in [-0.25, -0.2) is 0 Å². The lowest BCUT2D eigenvalue weighted by molar-refractivity contribution is -0.184. The molecule has 0 aromatic heterocycles. The number of hydrogen-bond acceptors (Lipinski definition) is 1. The molecule has 1 fully saturated rings. The van der Waals surface area contributed by atoms with E-state index in [9.17, 15) is 18.0 Å². The fraction of sp³-hybridized carbons (Fsp3) is 0.350. The number of carbonyl (C=O) groups excluding carboxylic acids is 1. The van der Waals surface area contributed by atoms with Crippen LogP contribution in [0.2, 0.25) is 0 Å². The number of benzene rings is 2. The van der Waals surface area contributed by atoms with Crippen molar-refractivity contribution in [3.05, 3.63) is 71.3 Å². The number of hydrogen-bond donors (Lipinski definition) is 0. The van der Waals surface area contributed by atoms with Gasteiger partial charge in [-0.05, 0) is 34.9 Å². The standard InChI is InChI=1S/C20H18F3NO/c21-20(22,23)19(25)24-11-15-10-14-8-4-5-9-16(14)18(17(15)12-24)13-6-2-1-3-7-13/h1-9,15,17-18H,10-12H2. The number of rotatable bonds is 1. The van der Waals surface area contributed by atoms with Crippen molar-refractivity contribution < 1.29 is 18.0 Å². The minimum absolute atomic E-state index is 0.0172. The molecule has 2 aromatic carbocycles. The molecule has 0 saturated carbocycles. The molecule has 3 unspecified atom stereocenters. The van der Waals surface area contributed by atoms with Crippen LogP contribution < -0.4 is 0 Å². The molecule has 4 rings (SSSR count). The molecule has 130 valence electrons. The van der Waals surface area contributed by atoms with Gasteiger partial charge in [0.25, 0.3) is 0 Å². The zero-order valence-corrected chi connectivity index (χ0v) is 13.5. The molecule has 1 saturated heterocycles. The molecular formula is C20H18F3NO. The van der Waals surface area contributed by atoms with Crippen molar-refractivity contribution in [2.75, 3.05) is 13.1 Å². The molecule has 0 radical (unpaired) electrons. The highest BCUT2D eigenvalue weighted by atomic mass is 19.4. The summed E-state index contributed by atoms with van der Waals surface area (Å²) in [6, 6.07) is 18.0. The van der Waals surface area contributed by atoms with E-state index in [1.165, 1.54) is 11.1 Å². The van der Waals surface area contributed by atoms with Crippen LogP contribution in [0.4, 0.5) is 13.2 Å². The minimum Gasteiger partial charge on any atom is -0.334 e. The SMILES string of the molecule is O=C(N1CC2Cc3ccccc3C(c3ccccc3)C2C1)C(F)(F)F. The minimum atomic E-state index is -4.80. The maximum absolute atomic E-state index is 12.9. The Morgan fingerprint density at radius 1 is 0.960 bits per heavy atom. The third-order valence-corrected chi connectivity index (χ3v) is 5.48. The van der Waals surface area contributed by atoms with Crippen molar-refractivity contribution in [3.63, 3.8) is 0 Å². The third kappa shape index (κ3) is 2.81. The van der Waals surface area contributed by atoms with E-state index in [-0.39, 0.29) is 30.8 Å². The molecule has 2 aromatic rings. The van der Waals surface area contributed by atoms with Gasteiger partial charge in [0, 0.05) is 19.0 Å². The van der Waals surface area contributed by atoms with Crippen LogP contribution >= 0.6 is 0 Å². The molecule has 0 spiro atoms. The van der Waals surface area contributed by atoms with Crippen molar-refractivity contribution in [2.24, 2.45) is 11.8 Å². The van der Waals surface area contributed by atoms with Crippen LogP contribution in [0.3, 0.4) is 0 Å². The number of amides is 1. The Balaban J connectivity index is 1.73. The van der Waals surface area contributed by atoms with Crippen LogP contribution in [-0.2, 0) is 11.2 Å². The van der Waals surface area contributed by atoms with Crippen LogP contribution in [-0.4, -0.2) is 30.1 Å². The van der Waals surface area contributed by atoms with Crippen LogP contribution in [0, 0.1) is 11.8 Å². The Morgan fingerprint density at radius 3 is 2.36 bits per heavy atom. The van der Waals surface area contributed by atoms with Gasteiger partial charge in [0.2, 0.25) is 0 Å². The molecule has 5 heteroatoms. The summed E-state index contributed by atoms with van der Waals surface area (Å²) < 4.78 is 38.6. The first-order valence-electron chi connectivity index (χ1n) is 8.44. The van der Waals surface area contributed by atoms with Crippen LogP contribution in [0.25, 0.3) is 0 Å². The topological polar surface area (TPSA) is 20.3 Å². The second kappa shape index (κ2) is 5.90. The molecular weight excluding hydrogens is 327 g/mol. The predicted molar refractivity (Wildman–Crippen MR) is 88.0 cm³/mol. The zero-order valence-electron chi connectivity index (χ0n) is 13.5. The van der Waals surface area contributed by atoms with Crippen molar-refractivity contribution >= 4 is 5.91 Å². The van der Waals surface area contributed by atoms with E-state index >= 15 is 0 Å². The van der Waals surface area contributed by atoms with E-state index in [0.717, 1.165) is 16.9 Å². The first-order chi connectivity index (χ1) is 11.9. The van der Waals surface area contributed by atoms with Gasteiger partial charge in [0.1, 0.15) is 0 Å². The van der Waals surface area contributed by atoms with E-state index in [0.29, 0.717) is 0 Å². The summed E-state index contributed by atoms with van der Waals surface area (Å²) in [6.45, 7) is 0.345. The third-order valence-electron chi connectivity index (χ3n) is 5.48. The summed E-state index contributed by atoms with van der Waals surface area (Å²) in [5.74, 6) is -1.60. The maximum atomic E-state index is 12.9. The fourth-order valence-corrected chi connectivity index (χ4v) is 4.46. The Bertz CT molecular complexity index is 787. The van der Waals surface area contributed by atoms with Gasteiger partial charge < -0.3 is 4.90 Å². The number of fused-ring (bicyclic) bond motifs is 2. The molecule has 1 amide bonds. The smallest absolute Gasteiger partial charge is 0.334 e. The lowest BCUT2D eigenvalue weighted by Gasteiger charge is -2.35. The predicted octanol–water partition coefficient (Wildman–Crippen LogP) is 4.01. The van der Waals surface area contributed by atoms with E-state index in [1.54, 1.807) is 0 Å². The number of carbonyl (C=O) groups is 1. The second-order valence-electron chi connectivity index (χ2n) is 6.92. The van der Waals surface area contributed by atoms with Crippen molar-refractivity contribution in [1.29, 1.82) is 0 Å². The molecule has 0 bridgehead atoms. The maximum Gasteiger partial charge on any atom is 0.471 e. The molecule has 1 aliphatic heterocycles. The second-order valence-corrected chi connectivity index (χ2v) is 6.92. The first kappa shape index (κ1) is 16.2. The summed E-state index contributed by atoms with van der Waals surface area (Å²) in [5.41, 5.74) is 3.46. The number of likely N-dealkylation sites (tertiary alicyclic amines) is 1. The van der Waals surface area contributed by atoms with E-state index in [4.69, 9.17) is 0 Å². The van der Waals surface area contributed by atoms with Gasteiger partial charge in [-0.1, -0.05) is 54.6 Å². The Kier molecular flexibility index (Phi) is 3.82. The van der Waals surface area contributed by atoms with Crippen LogP contribution in [0.15, 0.2) is 54.6 Å². The average Bonchev–Trinajstić information content (AvgIpc) is 3.02. The van der Waals surface area contributed by atoms with Crippen molar-refractivity contribution in [1.82, 2.24) is 4.90 Å². The van der Waals surface area contributed by atoms with Crippen molar-refractivity contribution in [2.45, 2.75) is 18.5 Å². The molecule has 3 atom stereocenters. The summed E-state index contributed by atoms with van der Waals surface area (Å²) >= 11 is 0. The van der Waals surface area contributed by atoms with Gasteiger partial charge in [0.05, 0.1) is 0 Å². The highest BCUT2D eigenvalue weighted by Gasteiger charge is 2.50. The molecule has 1 aliphatic carbocycles. The van der Waals surface area contributed by atoms with E-state index < -0.39 is 12.1 Å². The number of halogens is 3. The Hall–Kier alpha value is -2.30. The van der Waals surface area contributed by atoms with Gasteiger partial charge in [-0.15, -0.1) is 0 Å². The molecule has 1 heterocycles. The van der Waals surface area contributed by atoms with Crippen LogP contribution in [0.1, 0.15) is 22.6 Å². The van der Waals surface area contributed by atoms with Crippen LogP contribution in [0.5, 0.6) is 0 Å². The van der Waals surface area contributed by atoms with E-state index in [1.807, 2.05) is 42.5 Å². The highest BCUT2D eigenvalue weighted by molar-refractivity contribution is 5.82. The fourth-order valence-electron chi connectivity index (χ4n) is 4.46. The normalized spacial score (nSPS) is 25.4. The quantitative estimate of drug-likeness (QED) is 0.765. The largest absolute Gasteiger partial charge is 0.471 e. The monoisotopic (exact) mass is 345 g/mol. The average molecular weight is 345 g/mol. The lowest BCUT2D eigenvalue weighted by Crippen LogP contribution is -2.40.